The molecule has 0 saturated carbocycles. The molecule has 4 nitrogen and oxygen atoms in total. The maximum Gasteiger partial charge on any atom is 0.140 e. The summed E-state index contributed by atoms with van der Waals surface area (Å²) in [5.74, 6) is 0.799. The summed E-state index contributed by atoms with van der Waals surface area (Å²) in [6, 6.07) is 15.8. The van der Waals surface area contributed by atoms with E-state index in [4.69, 9.17) is 4.74 Å². The van der Waals surface area contributed by atoms with Gasteiger partial charge in [0.2, 0.25) is 0 Å². The van der Waals surface area contributed by atoms with Gasteiger partial charge in [-0.1, -0.05) is 24.3 Å². The Morgan fingerprint density at radius 3 is 2.74 bits per heavy atom. The van der Waals surface area contributed by atoms with Crippen molar-refractivity contribution in [2.24, 2.45) is 0 Å². The number of pyridine rings is 1. The van der Waals surface area contributed by atoms with Gasteiger partial charge < -0.3 is 9.84 Å². The number of aliphatic hydroxyl groups is 1. The topological polar surface area (TPSA) is 45.6 Å². The quantitative estimate of drug-likeness (QED) is 0.943. The first kappa shape index (κ1) is 16.0. The lowest BCUT2D eigenvalue weighted by Crippen LogP contribution is -2.56. The van der Waals surface area contributed by atoms with Crippen LogP contribution >= 0.6 is 0 Å². The number of aromatic nitrogens is 1. The zero-order chi connectivity index (χ0) is 16.3. The summed E-state index contributed by atoms with van der Waals surface area (Å²) in [4.78, 5) is 6.87. The van der Waals surface area contributed by atoms with Crippen molar-refractivity contribution in [3.8, 4) is 5.75 Å². The Kier molecular flexibility index (Phi) is 4.64. The summed E-state index contributed by atoms with van der Waals surface area (Å²) in [6.45, 7) is 6.19. The van der Waals surface area contributed by atoms with Crippen LogP contribution in [0.2, 0.25) is 0 Å². The molecule has 0 radical (unpaired) electrons. The molecule has 1 aliphatic rings. The average Bonchev–Trinajstić information content (AvgIpc) is 2.52. The summed E-state index contributed by atoms with van der Waals surface area (Å²) in [5.41, 5.74) is 1.28. The SMILES string of the molecule is Cc1cccc(CN2CC[C@@](C)(O)[C@H](Oc3ccccc3)C2)n1. The molecule has 1 fully saturated rings. The average molecular weight is 312 g/mol. The van der Waals surface area contributed by atoms with E-state index >= 15 is 0 Å². The van der Waals surface area contributed by atoms with Crippen molar-refractivity contribution in [3.63, 3.8) is 0 Å². The monoisotopic (exact) mass is 312 g/mol. The Hall–Kier alpha value is -1.91. The summed E-state index contributed by atoms with van der Waals surface area (Å²) < 4.78 is 6.05. The molecule has 1 aromatic carbocycles. The van der Waals surface area contributed by atoms with Crippen molar-refractivity contribution in [2.45, 2.75) is 38.5 Å². The van der Waals surface area contributed by atoms with Gasteiger partial charge >= 0.3 is 0 Å². The van der Waals surface area contributed by atoms with Gasteiger partial charge in [0.1, 0.15) is 17.5 Å². The molecular formula is C19H24N2O2. The van der Waals surface area contributed by atoms with Crippen LogP contribution in [-0.4, -0.2) is 39.8 Å². The molecule has 1 aromatic heterocycles. The number of nitrogens with zero attached hydrogens (tertiary/aromatic N) is 2. The molecule has 3 rings (SSSR count). The molecule has 2 aromatic rings. The van der Waals surface area contributed by atoms with Gasteiger partial charge in [0.25, 0.3) is 0 Å². The Morgan fingerprint density at radius 1 is 1.22 bits per heavy atom. The minimum absolute atomic E-state index is 0.247. The predicted octanol–water partition coefficient (Wildman–Crippen LogP) is 2.79. The second-order valence-corrected chi connectivity index (χ2v) is 6.53. The molecule has 0 unspecified atom stereocenters. The largest absolute Gasteiger partial charge is 0.486 e. The number of hydrogen-bond donors (Lipinski definition) is 1. The minimum Gasteiger partial charge on any atom is -0.486 e. The van der Waals surface area contributed by atoms with E-state index < -0.39 is 5.60 Å². The maximum atomic E-state index is 10.7. The molecule has 23 heavy (non-hydrogen) atoms. The fourth-order valence-electron chi connectivity index (χ4n) is 2.96. The lowest BCUT2D eigenvalue weighted by atomic mass is 9.90. The third-order valence-electron chi connectivity index (χ3n) is 4.40. The van der Waals surface area contributed by atoms with Crippen LogP contribution in [0.3, 0.4) is 0 Å². The van der Waals surface area contributed by atoms with E-state index in [2.05, 4.69) is 9.88 Å². The predicted molar refractivity (Wildman–Crippen MR) is 90.3 cm³/mol. The molecule has 4 heteroatoms. The smallest absolute Gasteiger partial charge is 0.140 e. The highest BCUT2D eigenvalue weighted by Crippen LogP contribution is 2.27. The third-order valence-corrected chi connectivity index (χ3v) is 4.40. The summed E-state index contributed by atoms with van der Waals surface area (Å²) in [6.07, 6.45) is 0.444. The fraction of sp³-hybridized carbons (Fsp3) is 0.421. The van der Waals surface area contributed by atoms with Crippen LogP contribution in [0.15, 0.2) is 48.5 Å². The number of rotatable bonds is 4. The molecule has 2 heterocycles. The summed E-state index contributed by atoms with van der Waals surface area (Å²) in [5, 5.41) is 10.7. The number of piperidine rings is 1. The van der Waals surface area contributed by atoms with Gasteiger partial charge in [0, 0.05) is 25.3 Å². The van der Waals surface area contributed by atoms with Crippen molar-refractivity contribution < 1.29 is 9.84 Å². The lowest BCUT2D eigenvalue weighted by Gasteiger charge is -2.42. The number of para-hydroxylation sites is 1. The minimum atomic E-state index is -0.813. The molecule has 2 atom stereocenters. The van der Waals surface area contributed by atoms with Crippen LogP contribution in [0.5, 0.6) is 5.75 Å². The Balaban J connectivity index is 1.68. The fourth-order valence-corrected chi connectivity index (χ4v) is 2.96. The van der Waals surface area contributed by atoms with Gasteiger partial charge in [-0.05, 0) is 44.5 Å². The molecule has 0 amide bonds. The van der Waals surface area contributed by atoms with Crippen molar-refractivity contribution in [1.82, 2.24) is 9.88 Å². The number of hydrogen-bond acceptors (Lipinski definition) is 4. The maximum absolute atomic E-state index is 10.7. The molecule has 1 saturated heterocycles. The second-order valence-electron chi connectivity index (χ2n) is 6.53. The van der Waals surface area contributed by atoms with Gasteiger partial charge in [-0.3, -0.25) is 9.88 Å². The van der Waals surface area contributed by atoms with Crippen LogP contribution in [0, 0.1) is 6.92 Å². The first-order chi connectivity index (χ1) is 11.0. The van der Waals surface area contributed by atoms with Gasteiger partial charge in [-0.25, -0.2) is 0 Å². The van der Waals surface area contributed by atoms with Crippen molar-refractivity contribution in [3.05, 3.63) is 59.9 Å². The van der Waals surface area contributed by atoms with Gasteiger partial charge in [-0.2, -0.15) is 0 Å². The highest BCUT2D eigenvalue weighted by molar-refractivity contribution is 5.22. The van der Waals surface area contributed by atoms with E-state index in [1.807, 2.05) is 62.4 Å². The number of likely N-dealkylation sites (tertiary alicyclic amines) is 1. The normalized spacial score (nSPS) is 25.3. The van der Waals surface area contributed by atoms with Gasteiger partial charge in [-0.15, -0.1) is 0 Å². The van der Waals surface area contributed by atoms with E-state index in [9.17, 15) is 5.11 Å². The Morgan fingerprint density at radius 2 is 2.00 bits per heavy atom. The highest BCUT2D eigenvalue weighted by Gasteiger charge is 2.39. The standard InChI is InChI=1S/C19H24N2O2/c1-15-7-6-8-16(20-15)13-21-12-11-19(2,22)18(14-21)23-17-9-4-3-5-10-17/h3-10,18,22H,11-14H2,1-2H3/t18-,19-/m1/s1. The van der Waals surface area contributed by atoms with Crippen LogP contribution in [0.1, 0.15) is 24.7 Å². The van der Waals surface area contributed by atoms with E-state index in [-0.39, 0.29) is 6.10 Å². The summed E-state index contributed by atoms with van der Waals surface area (Å²) >= 11 is 0. The van der Waals surface area contributed by atoms with E-state index in [0.717, 1.165) is 30.2 Å². The van der Waals surface area contributed by atoms with Crippen LogP contribution in [0.25, 0.3) is 0 Å². The van der Waals surface area contributed by atoms with Crippen LogP contribution in [0.4, 0.5) is 0 Å². The molecule has 1 N–H and O–H groups in total. The first-order valence-corrected chi connectivity index (χ1v) is 8.12. The van der Waals surface area contributed by atoms with Crippen molar-refractivity contribution in [1.29, 1.82) is 0 Å². The van der Waals surface area contributed by atoms with Gasteiger partial charge in [0.15, 0.2) is 0 Å². The number of benzene rings is 1. The molecule has 122 valence electrons. The molecule has 1 aliphatic heterocycles. The lowest BCUT2D eigenvalue weighted by molar-refractivity contribution is -0.0966. The first-order valence-electron chi connectivity index (χ1n) is 8.12. The highest BCUT2D eigenvalue weighted by atomic mass is 16.5. The van der Waals surface area contributed by atoms with E-state index in [1.54, 1.807) is 0 Å². The van der Waals surface area contributed by atoms with Crippen LogP contribution in [-0.2, 0) is 6.54 Å². The Labute approximate surface area is 137 Å². The van der Waals surface area contributed by atoms with E-state index in [0.29, 0.717) is 13.0 Å². The molecule has 0 spiro atoms. The van der Waals surface area contributed by atoms with Gasteiger partial charge in [0.05, 0.1) is 5.69 Å². The zero-order valence-electron chi connectivity index (χ0n) is 13.8. The van der Waals surface area contributed by atoms with Crippen molar-refractivity contribution in [2.75, 3.05) is 13.1 Å². The Bertz CT molecular complexity index is 643. The number of ether oxygens (including phenoxy) is 1. The van der Waals surface area contributed by atoms with Crippen molar-refractivity contribution >= 4 is 0 Å². The zero-order valence-corrected chi connectivity index (χ0v) is 13.8. The molecular weight excluding hydrogens is 288 g/mol. The van der Waals surface area contributed by atoms with E-state index in [1.165, 1.54) is 0 Å². The second kappa shape index (κ2) is 6.69. The van der Waals surface area contributed by atoms with Crippen LogP contribution < -0.4 is 4.74 Å². The third kappa shape index (κ3) is 4.09. The molecule has 0 aliphatic carbocycles. The number of aryl methyl sites for hydroxylation is 1. The molecule has 0 bridgehead atoms. The summed E-state index contributed by atoms with van der Waals surface area (Å²) in [7, 11) is 0.